The second-order valence-electron chi connectivity index (χ2n) is 5.12. The number of rotatable bonds is 8. The average molecular weight is 290 g/mol. The second kappa shape index (κ2) is 7.78. The fourth-order valence-corrected chi connectivity index (χ4v) is 2.44. The van der Waals surface area contributed by atoms with E-state index in [2.05, 4.69) is 16.9 Å². The molecule has 0 saturated carbocycles. The zero-order valence-electron chi connectivity index (χ0n) is 12.2. The number of aromatic nitrogens is 1. The van der Waals surface area contributed by atoms with E-state index < -0.39 is 5.97 Å². The highest BCUT2D eigenvalue weighted by Gasteiger charge is 2.18. The van der Waals surface area contributed by atoms with Crippen molar-refractivity contribution in [3.63, 3.8) is 0 Å². The standard InChI is InChI=1S/C16H22N2O3/c1-2-3-9-21-10-8-17-15-13(16(19)20)11-12-6-4-5-7-14(12)18-15/h2,11H,1,3-10H2,(H,17,18)(H,19,20). The minimum Gasteiger partial charge on any atom is -0.478 e. The van der Waals surface area contributed by atoms with E-state index in [0.29, 0.717) is 25.6 Å². The van der Waals surface area contributed by atoms with Crippen LogP contribution < -0.4 is 5.32 Å². The summed E-state index contributed by atoms with van der Waals surface area (Å²) in [5.41, 5.74) is 2.36. The van der Waals surface area contributed by atoms with Crippen molar-refractivity contribution >= 4 is 11.8 Å². The first-order chi connectivity index (χ1) is 10.2. The molecule has 0 fully saturated rings. The molecule has 1 aromatic heterocycles. The lowest BCUT2D eigenvalue weighted by Gasteiger charge is -2.18. The SMILES string of the molecule is C=CCCOCCNc1nc2c(cc1C(=O)O)CCCC2. The van der Waals surface area contributed by atoms with Crippen molar-refractivity contribution in [2.45, 2.75) is 32.1 Å². The molecule has 2 rings (SSSR count). The number of pyridine rings is 1. The molecule has 1 aliphatic rings. The molecule has 0 aliphatic heterocycles. The molecule has 1 aliphatic carbocycles. The van der Waals surface area contributed by atoms with E-state index in [1.165, 1.54) is 0 Å². The molecule has 0 amide bonds. The Balaban J connectivity index is 2.00. The number of carboxylic acid groups (broad SMARTS) is 1. The molecule has 5 heteroatoms. The van der Waals surface area contributed by atoms with Gasteiger partial charge in [0.25, 0.3) is 0 Å². The molecule has 114 valence electrons. The summed E-state index contributed by atoms with van der Waals surface area (Å²) < 4.78 is 5.40. The van der Waals surface area contributed by atoms with Gasteiger partial charge in [0, 0.05) is 12.2 Å². The van der Waals surface area contributed by atoms with Crippen LogP contribution in [0.25, 0.3) is 0 Å². The molecule has 0 saturated heterocycles. The van der Waals surface area contributed by atoms with Gasteiger partial charge >= 0.3 is 5.97 Å². The Morgan fingerprint density at radius 2 is 2.24 bits per heavy atom. The quantitative estimate of drug-likeness (QED) is 0.569. The van der Waals surface area contributed by atoms with Crippen LogP contribution in [0.4, 0.5) is 5.82 Å². The van der Waals surface area contributed by atoms with Gasteiger partial charge in [-0.2, -0.15) is 0 Å². The summed E-state index contributed by atoms with van der Waals surface area (Å²) in [7, 11) is 0. The summed E-state index contributed by atoms with van der Waals surface area (Å²) >= 11 is 0. The van der Waals surface area contributed by atoms with Crippen LogP contribution >= 0.6 is 0 Å². The molecule has 21 heavy (non-hydrogen) atoms. The van der Waals surface area contributed by atoms with E-state index in [9.17, 15) is 9.90 Å². The van der Waals surface area contributed by atoms with Crippen LogP contribution in [0.15, 0.2) is 18.7 Å². The van der Waals surface area contributed by atoms with Crippen molar-refractivity contribution in [2.24, 2.45) is 0 Å². The maximum Gasteiger partial charge on any atom is 0.339 e. The van der Waals surface area contributed by atoms with Gasteiger partial charge in [0.2, 0.25) is 0 Å². The number of carboxylic acids is 1. The van der Waals surface area contributed by atoms with Gasteiger partial charge in [0.05, 0.1) is 13.2 Å². The van der Waals surface area contributed by atoms with Crippen LogP contribution in [0.2, 0.25) is 0 Å². The number of nitrogens with one attached hydrogen (secondary N) is 1. The maximum atomic E-state index is 11.4. The van der Waals surface area contributed by atoms with Crippen LogP contribution in [0.5, 0.6) is 0 Å². The van der Waals surface area contributed by atoms with Gasteiger partial charge in [-0.3, -0.25) is 0 Å². The summed E-state index contributed by atoms with van der Waals surface area (Å²) in [4.78, 5) is 15.9. The molecule has 1 heterocycles. The molecule has 0 bridgehead atoms. The molecule has 0 spiro atoms. The van der Waals surface area contributed by atoms with E-state index in [1.807, 2.05) is 0 Å². The summed E-state index contributed by atoms with van der Waals surface area (Å²) in [6, 6.07) is 1.77. The zero-order valence-corrected chi connectivity index (χ0v) is 12.2. The number of aromatic carboxylic acids is 1. The molecule has 1 aromatic rings. The number of aryl methyl sites for hydroxylation is 2. The Morgan fingerprint density at radius 1 is 1.43 bits per heavy atom. The van der Waals surface area contributed by atoms with Gasteiger partial charge in [0.1, 0.15) is 11.4 Å². The molecular formula is C16H22N2O3. The zero-order chi connectivity index (χ0) is 15.1. The van der Waals surface area contributed by atoms with Crippen LogP contribution in [0, 0.1) is 0 Å². The summed E-state index contributed by atoms with van der Waals surface area (Å²) in [5, 5.41) is 12.4. The lowest BCUT2D eigenvalue weighted by molar-refractivity contribution is 0.0697. The fraction of sp³-hybridized carbons (Fsp3) is 0.500. The Kier molecular flexibility index (Phi) is 5.75. The predicted octanol–water partition coefficient (Wildman–Crippen LogP) is 2.66. The van der Waals surface area contributed by atoms with Gasteiger partial charge in [-0.15, -0.1) is 6.58 Å². The third-order valence-electron chi connectivity index (χ3n) is 3.54. The number of ether oxygens (including phenoxy) is 1. The summed E-state index contributed by atoms with van der Waals surface area (Å²) in [6.45, 7) is 5.32. The van der Waals surface area contributed by atoms with Gasteiger partial charge in [-0.25, -0.2) is 9.78 Å². The summed E-state index contributed by atoms with van der Waals surface area (Å²) in [5.74, 6) is -0.485. The topological polar surface area (TPSA) is 71.5 Å². The van der Waals surface area contributed by atoms with Crippen molar-refractivity contribution in [3.05, 3.63) is 35.5 Å². The Labute approximate surface area is 125 Å². The number of fused-ring (bicyclic) bond motifs is 1. The lowest BCUT2D eigenvalue weighted by atomic mass is 9.95. The molecule has 0 atom stereocenters. The Hall–Kier alpha value is -1.88. The fourth-order valence-electron chi connectivity index (χ4n) is 2.44. The molecule has 0 unspecified atom stereocenters. The number of hydrogen-bond donors (Lipinski definition) is 2. The van der Waals surface area contributed by atoms with E-state index in [1.54, 1.807) is 12.1 Å². The highest BCUT2D eigenvalue weighted by atomic mass is 16.5. The van der Waals surface area contributed by atoms with Crippen molar-refractivity contribution in [2.75, 3.05) is 25.1 Å². The van der Waals surface area contributed by atoms with E-state index in [0.717, 1.165) is 43.4 Å². The van der Waals surface area contributed by atoms with E-state index in [4.69, 9.17) is 4.74 Å². The number of nitrogens with zero attached hydrogens (tertiary/aromatic N) is 1. The minimum atomic E-state index is -0.939. The number of carbonyl (C=O) groups is 1. The Morgan fingerprint density at radius 3 is 3.00 bits per heavy atom. The first-order valence-electron chi connectivity index (χ1n) is 7.41. The molecule has 5 nitrogen and oxygen atoms in total. The monoisotopic (exact) mass is 290 g/mol. The third kappa shape index (κ3) is 4.29. The van der Waals surface area contributed by atoms with Crippen molar-refractivity contribution in [1.29, 1.82) is 0 Å². The Bertz CT molecular complexity index is 514. The highest BCUT2D eigenvalue weighted by Crippen LogP contribution is 2.24. The largest absolute Gasteiger partial charge is 0.478 e. The highest BCUT2D eigenvalue weighted by molar-refractivity contribution is 5.93. The van der Waals surface area contributed by atoms with Gasteiger partial charge in [-0.1, -0.05) is 6.08 Å². The van der Waals surface area contributed by atoms with Gasteiger partial charge in [-0.05, 0) is 43.7 Å². The molecule has 0 aromatic carbocycles. The van der Waals surface area contributed by atoms with Crippen LogP contribution in [0.3, 0.4) is 0 Å². The lowest BCUT2D eigenvalue weighted by Crippen LogP contribution is -2.17. The maximum absolute atomic E-state index is 11.4. The predicted molar refractivity (Wildman–Crippen MR) is 82.0 cm³/mol. The van der Waals surface area contributed by atoms with Crippen LogP contribution in [-0.4, -0.2) is 35.8 Å². The normalized spacial score (nSPS) is 13.5. The van der Waals surface area contributed by atoms with Crippen LogP contribution in [-0.2, 0) is 17.6 Å². The van der Waals surface area contributed by atoms with E-state index >= 15 is 0 Å². The summed E-state index contributed by atoms with van der Waals surface area (Å²) in [6.07, 6.45) is 6.71. The van der Waals surface area contributed by atoms with Crippen molar-refractivity contribution in [1.82, 2.24) is 4.98 Å². The smallest absolute Gasteiger partial charge is 0.339 e. The first kappa shape index (κ1) is 15.5. The first-order valence-corrected chi connectivity index (χ1v) is 7.41. The molecule has 0 radical (unpaired) electrons. The van der Waals surface area contributed by atoms with Crippen LogP contribution in [0.1, 0.15) is 40.9 Å². The van der Waals surface area contributed by atoms with E-state index in [-0.39, 0.29) is 5.56 Å². The van der Waals surface area contributed by atoms with Crippen molar-refractivity contribution < 1.29 is 14.6 Å². The number of hydrogen-bond acceptors (Lipinski definition) is 4. The van der Waals surface area contributed by atoms with Gasteiger partial charge < -0.3 is 15.2 Å². The minimum absolute atomic E-state index is 0.252. The average Bonchev–Trinajstić information content (AvgIpc) is 2.49. The molecule has 2 N–H and O–H groups in total. The van der Waals surface area contributed by atoms with Crippen molar-refractivity contribution in [3.8, 4) is 0 Å². The molecular weight excluding hydrogens is 268 g/mol. The third-order valence-corrected chi connectivity index (χ3v) is 3.54. The van der Waals surface area contributed by atoms with Gasteiger partial charge in [0.15, 0.2) is 0 Å². The number of anilines is 1. The second-order valence-corrected chi connectivity index (χ2v) is 5.12.